The highest BCUT2D eigenvalue weighted by molar-refractivity contribution is 7.89. The van der Waals surface area contributed by atoms with Crippen LogP contribution in [0.4, 0.5) is 14.5 Å². The first kappa shape index (κ1) is 27.3. The van der Waals surface area contributed by atoms with Gasteiger partial charge in [-0.05, 0) is 96.8 Å². The molecule has 7 nitrogen and oxygen atoms in total. The number of carbonyl (C=O) groups is 1. The summed E-state index contributed by atoms with van der Waals surface area (Å²) in [6.45, 7) is 0.250. The number of carbonyl (C=O) groups excluding carboxylic acids is 1. The maximum absolute atomic E-state index is 14.0. The highest BCUT2D eigenvalue weighted by atomic mass is 32.2. The van der Waals surface area contributed by atoms with Crippen LogP contribution in [0, 0.1) is 17.6 Å². The Morgan fingerprint density at radius 3 is 2.44 bits per heavy atom. The van der Waals surface area contributed by atoms with Gasteiger partial charge in [0.15, 0.2) is 0 Å². The number of benzene rings is 3. The summed E-state index contributed by atoms with van der Waals surface area (Å²) in [5.74, 6) is -0.395. The first-order chi connectivity index (χ1) is 19.7. The van der Waals surface area contributed by atoms with Crippen LogP contribution in [0.3, 0.4) is 0 Å². The maximum Gasteiger partial charge on any atom is 0.241 e. The first-order valence-corrected chi connectivity index (χ1v) is 15.1. The van der Waals surface area contributed by atoms with E-state index in [1.165, 1.54) is 24.3 Å². The lowest BCUT2D eigenvalue weighted by Gasteiger charge is -2.29. The van der Waals surface area contributed by atoms with E-state index in [1.54, 1.807) is 23.2 Å². The summed E-state index contributed by atoms with van der Waals surface area (Å²) >= 11 is 0. The van der Waals surface area contributed by atoms with Gasteiger partial charge in [-0.15, -0.1) is 0 Å². The number of halogens is 2. The van der Waals surface area contributed by atoms with E-state index < -0.39 is 21.9 Å². The van der Waals surface area contributed by atoms with Crippen LogP contribution in [0.15, 0.2) is 84.0 Å². The Bertz CT molecular complexity index is 1690. The van der Waals surface area contributed by atoms with Gasteiger partial charge in [0, 0.05) is 37.1 Å². The molecular weight excluding hydrogens is 546 g/mol. The molecule has 3 atom stereocenters. The third kappa shape index (κ3) is 5.67. The van der Waals surface area contributed by atoms with Crippen molar-refractivity contribution in [2.45, 2.75) is 49.1 Å². The number of aryl methyl sites for hydroxylation is 2. The van der Waals surface area contributed by atoms with Crippen molar-refractivity contribution in [2.75, 3.05) is 4.90 Å². The minimum Gasteiger partial charge on any atom is -0.337 e. The molecule has 0 bridgehead atoms. The standard InChI is InChI=1S/C31H30F2N4O3S/c1-36-16-15-34-30(36)19-37(31(38)28-18-26(28)21-5-8-22(32)9-6-21)24-12-7-20-3-2-4-29(27(20)17-24)35-41(39,40)25-13-10-23(33)11-14-25/h5-17,26,28-29,35H,2-4,18-19H2,1H3/t26-,28+,29-/m0/s1. The van der Waals surface area contributed by atoms with E-state index in [9.17, 15) is 22.0 Å². The van der Waals surface area contributed by atoms with Gasteiger partial charge < -0.3 is 9.47 Å². The predicted octanol–water partition coefficient (Wildman–Crippen LogP) is 5.39. The lowest BCUT2D eigenvalue weighted by Crippen LogP contribution is -2.34. The van der Waals surface area contributed by atoms with Gasteiger partial charge in [0.05, 0.1) is 11.4 Å². The molecular formula is C31H30F2N4O3S. The van der Waals surface area contributed by atoms with Crippen LogP contribution in [-0.2, 0) is 34.8 Å². The van der Waals surface area contributed by atoms with Crippen molar-refractivity contribution in [2.24, 2.45) is 13.0 Å². The quantitative estimate of drug-likeness (QED) is 0.305. The summed E-state index contributed by atoms with van der Waals surface area (Å²) in [6.07, 6.45) is 6.38. The van der Waals surface area contributed by atoms with Gasteiger partial charge in [-0.1, -0.05) is 18.2 Å². The van der Waals surface area contributed by atoms with Gasteiger partial charge in [0.1, 0.15) is 17.5 Å². The number of anilines is 1. The predicted molar refractivity (Wildman–Crippen MR) is 150 cm³/mol. The molecule has 0 spiro atoms. The topological polar surface area (TPSA) is 84.3 Å². The normalized spacial score (nSPS) is 19.9. The Morgan fingerprint density at radius 1 is 1.05 bits per heavy atom. The number of aromatic nitrogens is 2. The second-order valence-electron chi connectivity index (χ2n) is 10.8. The number of hydrogen-bond donors (Lipinski definition) is 1. The van der Waals surface area contributed by atoms with Crippen LogP contribution in [0.2, 0.25) is 0 Å². The fourth-order valence-electron chi connectivity index (χ4n) is 5.68. The van der Waals surface area contributed by atoms with Gasteiger partial charge in [0.25, 0.3) is 0 Å². The lowest BCUT2D eigenvalue weighted by molar-refractivity contribution is -0.120. The zero-order valence-corrected chi connectivity index (χ0v) is 23.3. The summed E-state index contributed by atoms with van der Waals surface area (Å²) in [6, 6.07) is 16.3. The zero-order valence-electron chi connectivity index (χ0n) is 22.5. The summed E-state index contributed by atoms with van der Waals surface area (Å²) in [5.41, 5.74) is 3.44. The summed E-state index contributed by atoms with van der Waals surface area (Å²) in [5, 5.41) is 0. The second kappa shape index (κ2) is 10.8. The lowest BCUT2D eigenvalue weighted by atomic mass is 9.87. The van der Waals surface area contributed by atoms with Crippen LogP contribution in [0.25, 0.3) is 0 Å². The molecule has 1 saturated carbocycles. The minimum absolute atomic E-state index is 0.00525. The molecule has 41 heavy (non-hydrogen) atoms. The van der Waals surface area contributed by atoms with Crippen LogP contribution in [0.1, 0.15) is 53.7 Å². The van der Waals surface area contributed by atoms with E-state index in [0.29, 0.717) is 24.4 Å². The van der Waals surface area contributed by atoms with Crippen molar-refractivity contribution < 1.29 is 22.0 Å². The van der Waals surface area contributed by atoms with E-state index in [-0.39, 0.29) is 35.0 Å². The Balaban J connectivity index is 1.31. The van der Waals surface area contributed by atoms with Crippen molar-refractivity contribution >= 4 is 21.6 Å². The monoisotopic (exact) mass is 576 g/mol. The number of sulfonamides is 1. The largest absolute Gasteiger partial charge is 0.337 e. The molecule has 0 aliphatic heterocycles. The molecule has 1 aromatic heterocycles. The number of nitrogens with one attached hydrogen (secondary N) is 1. The molecule has 0 saturated heterocycles. The molecule has 2 aliphatic rings. The summed E-state index contributed by atoms with van der Waals surface area (Å²) in [7, 11) is -2.03. The third-order valence-electron chi connectivity index (χ3n) is 8.07. The van der Waals surface area contributed by atoms with Crippen molar-refractivity contribution in [1.29, 1.82) is 0 Å². The van der Waals surface area contributed by atoms with Crippen LogP contribution >= 0.6 is 0 Å². The van der Waals surface area contributed by atoms with Crippen molar-refractivity contribution in [3.05, 3.63) is 113 Å². The van der Waals surface area contributed by atoms with E-state index in [4.69, 9.17) is 0 Å². The molecule has 1 amide bonds. The van der Waals surface area contributed by atoms with E-state index >= 15 is 0 Å². The first-order valence-electron chi connectivity index (χ1n) is 13.6. The Kier molecular flexibility index (Phi) is 7.21. The fourth-order valence-corrected chi connectivity index (χ4v) is 6.93. The molecule has 212 valence electrons. The van der Waals surface area contributed by atoms with Gasteiger partial charge in [0.2, 0.25) is 15.9 Å². The maximum atomic E-state index is 14.0. The molecule has 1 heterocycles. The fraction of sp³-hybridized carbons (Fsp3) is 0.290. The van der Waals surface area contributed by atoms with Crippen LogP contribution in [-0.4, -0.2) is 23.9 Å². The molecule has 0 unspecified atom stereocenters. The molecule has 2 aliphatic carbocycles. The smallest absolute Gasteiger partial charge is 0.241 e. The Hall–Kier alpha value is -3.89. The molecule has 0 radical (unpaired) electrons. The molecule has 1 N–H and O–H groups in total. The SMILES string of the molecule is Cn1ccnc1CN(C(=O)[C@@H]1C[C@H]1c1ccc(F)cc1)c1ccc2c(c1)[C@@H](NS(=O)(=O)c1ccc(F)cc1)CCC2. The zero-order chi connectivity index (χ0) is 28.7. The molecule has 4 aromatic rings. The molecule has 6 rings (SSSR count). The minimum atomic E-state index is -3.90. The highest BCUT2D eigenvalue weighted by Gasteiger charge is 2.46. The average molecular weight is 577 g/mol. The summed E-state index contributed by atoms with van der Waals surface area (Å²) < 4.78 is 57.9. The molecule has 3 aromatic carbocycles. The number of nitrogens with zero attached hydrogens (tertiary/aromatic N) is 3. The van der Waals surface area contributed by atoms with E-state index in [1.807, 2.05) is 36.0 Å². The number of hydrogen-bond acceptors (Lipinski definition) is 4. The summed E-state index contributed by atoms with van der Waals surface area (Å²) in [4.78, 5) is 20.1. The van der Waals surface area contributed by atoms with Gasteiger partial charge in [-0.25, -0.2) is 26.9 Å². The Labute approximate surface area is 237 Å². The van der Waals surface area contributed by atoms with Crippen LogP contribution < -0.4 is 9.62 Å². The highest BCUT2D eigenvalue weighted by Crippen LogP contribution is 2.49. The van der Waals surface area contributed by atoms with Gasteiger partial charge >= 0.3 is 0 Å². The van der Waals surface area contributed by atoms with Crippen LogP contribution in [0.5, 0.6) is 0 Å². The van der Waals surface area contributed by atoms with Gasteiger partial charge in [-0.2, -0.15) is 0 Å². The number of rotatable bonds is 8. The van der Waals surface area contributed by atoms with Crippen molar-refractivity contribution in [3.63, 3.8) is 0 Å². The number of fused-ring (bicyclic) bond motifs is 1. The molecule has 1 fully saturated rings. The van der Waals surface area contributed by atoms with Gasteiger partial charge in [-0.3, -0.25) is 4.79 Å². The van der Waals surface area contributed by atoms with Crippen molar-refractivity contribution in [1.82, 2.24) is 14.3 Å². The third-order valence-corrected chi connectivity index (χ3v) is 9.56. The van der Waals surface area contributed by atoms with E-state index in [2.05, 4.69) is 9.71 Å². The number of imidazole rings is 1. The molecule has 10 heteroatoms. The number of amides is 1. The second-order valence-corrected chi connectivity index (χ2v) is 12.5. The Morgan fingerprint density at radius 2 is 1.76 bits per heavy atom. The average Bonchev–Trinajstić information content (AvgIpc) is 3.66. The van der Waals surface area contributed by atoms with E-state index in [0.717, 1.165) is 41.7 Å². The van der Waals surface area contributed by atoms with Crippen molar-refractivity contribution in [3.8, 4) is 0 Å².